The third-order valence-electron chi connectivity index (χ3n) is 2.28. The number of alkyl halides is 3. The van der Waals surface area contributed by atoms with Gasteiger partial charge >= 0.3 is 6.18 Å². The summed E-state index contributed by atoms with van der Waals surface area (Å²) in [6.45, 7) is 0.265. The molecule has 0 fully saturated rings. The van der Waals surface area contributed by atoms with E-state index in [9.17, 15) is 13.2 Å². The third kappa shape index (κ3) is 2.62. The number of allylic oxidation sites excluding steroid dienone is 2. The monoisotopic (exact) mass is 194 g/mol. The van der Waals surface area contributed by atoms with E-state index in [0.29, 0.717) is 12.1 Å². The van der Waals surface area contributed by atoms with E-state index < -0.39 is 12.1 Å². The van der Waals surface area contributed by atoms with Crippen molar-refractivity contribution in [2.75, 3.05) is 6.54 Å². The fourth-order valence-corrected chi connectivity index (χ4v) is 1.58. The van der Waals surface area contributed by atoms with Crippen molar-refractivity contribution in [3.8, 4) is 0 Å². The van der Waals surface area contributed by atoms with Crippen LogP contribution in [0, 0.1) is 11.8 Å². The molecule has 76 valence electrons. The highest BCUT2D eigenvalue weighted by Gasteiger charge is 2.40. The van der Waals surface area contributed by atoms with Gasteiger partial charge in [-0.25, -0.2) is 0 Å². The first-order valence-electron chi connectivity index (χ1n) is 4.16. The van der Waals surface area contributed by atoms with Crippen molar-refractivity contribution in [1.29, 1.82) is 0 Å². The molecule has 1 aliphatic rings. The molecule has 1 aliphatic carbocycles. The summed E-state index contributed by atoms with van der Waals surface area (Å²) >= 11 is 0. The normalized spacial score (nSPS) is 30.0. The molecule has 4 N–H and O–H groups in total. The van der Waals surface area contributed by atoms with Crippen LogP contribution in [0.4, 0.5) is 13.2 Å². The molecule has 5 heteroatoms. The van der Waals surface area contributed by atoms with Crippen LogP contribution in [0.5, 0.6) is 0 Å². The van der Waals surface area contributed by atoms with E-state index >= 15 is 0 Å². The molecule has 1 rings (SSSR count). The molecule has 0 aliphatic heterocycles. The van der Waals surface area contributed by atoms with Crippen molar-refractivity contribution in [2.24, 2.45) is 23.3 Å². The summed E-state index contributed by atoms with van der Waals surface area (Å²) in [5, 5.41) is 0. The van der Waals surface area contributed by atoms with Crippen LogP contribution in [0.2, 0.25) is 0 Å². The Kier molecular flexibility index (Phi) is 2.85. The summed E-state index contributed by atoms with van der Waals surface area (Å²) in [5.74, 6) is -1.54. The molecule has 0 amide bonds. The molecular formula is C8H13F3N2. The second kappa shape index (κ2) is 3.57. The highest BCUT2D eigenvalue weighted by atomic mass is 19.4. The summed E-state index contributed by atoms with van der Waals surface area (Å²) < 4.78 is 36.9. The average molecular weight is 194 g/mol. The smallest absolute Gasteiger partial charge is 0.395 e. The number of halogens is 3. The fraction of sp³-hybridized carbons (Fsp3) is 0.750. The fourth-order valence-electron chi connectivity index (χ4n) is 1.58. The Morgan fingerprint density at radius 3 is 2.54 bits per heavy atom. The quantitative estimate of drug-likeness (QED) is 0.662. The van der Waals surface area contributed by atoms with Gasteiger partial charge in [0.1, 0.15) is 0 Å². The Morgan fingerprint density at radius 2 is 2.08 bits per heavy atom. The zero-order chi connectivity index (χ0) is 10.1. The summed E-state index contributed by atoms with van der Waals surface area (Å²) in [6, 6.07) is 0. The van der Waals surface area contributed by atoms with Crippen molar-refractivity contribution in [3.05, 3.63) is 11.8 Å². The van der Waals surface area contributed by atoms with E-state index in [4.69, 9.17) is 11.5 Å². The van der Waals surface area contributed by atoms with Gasteiger partial charge in [-0.05, 0) is 25.3 Å². The van der Waals surface area contributed by atoms with E-state index in [1.807, 2.05) is 0 Å². The molecule has 2 nitrogen and oxygen atoms in total. The van der Waals surface area contributed by atoms with Gasteiger partial charge in [-0.15, -0.1) is 0 Å². The lowest BCUT2D eigenvalue weighted by atomic mass is 9.84. The van der Waals surface area contributed by atoms with Gasteiger partial charge in [0.05, 0.1) is 5.92 Å². The molecule has 0 aromatic rings. The van der Waals surface area contributed by atoms with E-state index in [1.165, 1.54) is 0 Å². The second-order valence-electron chi connectivity index (χ2n) is 3.43. The maximum atomic E-state index is 12.3. The molecular weight excluding hydrogens is 181 g/mol. The first-order chi connectivity index (χ1) is 5.93. The Hall–Kier alpha value is -0.710. The Bertz CT molecular complexity index is 210. The molecule has 0 saturated carbocycles. The first-order valence-corrected chi connectivity index (χ1v) is 4.16. The molecule has 0 aromatic heterocycles. The summed E-state index contributed by atoms with van der Waals surface area (Å²) in [7, 11) is 0. The summed E-state index contributed by atoms with van der Waals surface area (Å²) in [5.41, 5.74) is 11.0. The molecule has 0 heterocycles. The highest BCUT2D eigenvalue weighted by Crippen LogP contribution is 2.37. The van der Waals surface area contributed by atoms with Gasteiger partial charge in [-0.1, -0.05) is 6.08 Å². The molecule has 0 radical (unpaired) electrons. The third-order valence-corrected chi connectivity index (χ3v) is 2.28. The highest BCUT2D eigenvalue weighted by molar-refractivity contribution is 5.07. The standard InChI is InChI=1S/C8H13F3N2/c9-8(10,11)6-1-5(4-12)2-7(13)3-6/h3,5-6H,1-2,4,12-13H2. The molecule has 2 unspecified atom stereocenters. The van der Waals surface area contributed by atoms with Gasteiger partial charge in [0.2, 0.25) is 0 Å². The van der Waals surface area contributed by atoms with Crippen molar-refractivity contribution in [2.45, 2.75) is 19.0 Å². The SMILES string of the molecule is NCC1CC(N)=CC(C(F)(F)F)C1. The predicted molar refractivity (Wildman–Crippen MR) is 43.6 cm³/mol. The van der Waals surface area contributed by atoms with Gasteiger partial charge in [0, 0.05) is 5.70 Å². The minimum Gasteiger partial charge on any atom is -0.402 e. The van der Waals surface area contributed by atoms with Crippen LogP contribution in [0.15, 0.2) is 11.8 Å². The van der Waals surface area contributed by atoms with E-state index in [0.717, 1.165) is 6.08 Å². The van der Waals surface area contributed by atoms with Crippen LogP contribution in [-0.2, 0) is 0 Å². The minimum atomic E-state index is -4.18. The molecule has 2 atom stereocenters. The van der Waals surface area contributed by atoms with Gasteiger partial charge in [0.15, 0.2) is 0 Å². The van der Waals surface area contributed by atoms with Gasteiger partial charge in [-0.3, -0.25) is 0 Å². The topological polar surface area (TPSA) is 52.0 Å². The largest absolute Gasteiger partial charge is 0.402 e. The molecule has 0 saturated heterocycles. The van der Waals surface area contributed by atoms with Crippen molar-refractivity contribution >= 4 is 0 Å². The van der Waals surface area contributed by atoms with Crippen molar-refractivity contribution in [3.63, 3.8) is 0 Å². The summed E-state index contributed by atoms with van der Waals surface area (Å²) in [4.78, 5) is 0. The van der Waals surface area contributed by atoms with Gasteiger partial charge < -0.3 is 11.5 Å². The first kappa shape index (κ1) is 10.4. The maximum absolute atomic E-state index is 12.3. The van der Waals surface area contributed by atoms with Crippen LogP contribution in [0.3, 0.4) is 0 Å². The van der Waals surface area contributed by atoms with Crippen molar-refractivity contribution < 1.29 is 13.2 Å². The zero-order valence-corrected chi connectivity index (χ0v) is 7.14. The molecule has 13 heavy (non-hydrogen) atoms. The Balaban J connectivity index is 2.72. The minimum absolute atomic E-state index is 0.0701. The molecule has 0 bridgehead atoms. The molecule has 0 aromatic carbocycles. The number of nitrogens with two attached hydrogens (primary N) is 2. The zero-order valence-electron chi connectivity index (χ0n) is 7.14. The van der Waals surface area contributed by atoms with E-state index in [2.05, 4.69) is 0 Å². The van der Waals surface area contributed by atoms with Crippen LogP contribution in [0.25, 0.3) is 0 Å². The second-order valence-corrected chi connectivity index (χ2v) is 3.43. The molecule has 0 spiro atoms. The van der Waals surface area contributed by atoms with E-state index in [1.54, 1.807) is 0 Å². The van der Waals surface area contributed by atoms with Crippen LogP contribution in [0.1, 0.15) is 12.8 Å². The van der Waals surface area contributed by atoms with Crippen LogP contribution >= 0.6 is 0 Å². The summed E-state index contributed by atoms with van der Waals surface area (Å²) in [6.07, 6.45) is -2.52. The number of rotatable bonds is 1. The lowest BCUT2D eigenvalue weighted by Crippen LogP contribution is -2.31. The lowest BCUT2D eigenvalue weighted by Gasteiger charge is -2.27. The lowest BCUT2D eigenvalue weighted by molar-refractivity contribution is -0.166. The van der Waals surface area contributed by atoms with Crippen LogP contribution < -0.4 is 11.5 Å². The number of hydrogen-bond donors (Lipinski definition) is 2. The predicted octanol–water partition coefficient (Wildman–Crippen LogP) is 1.38. The van der Waals surface area contributed by atoms with E-state index in [-0.39, 0.29) is 18.9 Å². The Labute approximate surface area is 74.8 Å². The maximum Gasteiger partial charge on any atom is 0.395 e. The Morgan fingerprint density at radius 1 is 1.46 bits per heavy atom. The average Bonchev–Trinajstić information content (AvgIpc) is 2.01. The van der Waals surface area contributed by atoms with Gasteiger partial charge in [0.25, 0.3) is 0 Å². The van der Waals surface area contributed by atoms with Crippen LogP contribution in [-0.4, -0.2) is 12.7 Å². The van der Waals surface area contributed by atoms with Gasteiger partial charge in [-0.2, -0.15) is 13.2 Å². The van der Waals surface area contributed by atoms with Crippen molar-refractivity contribution in [1.82, 2.24) is 0 Å². The number of hydrogen-bond acceptors (Lipinski definition) is 2.